The zero-order chi connectivity index (χ0) is 18.8. The van der Waals surface area contributed by atoms with Crippen molar-refractivity contribution in [2.24, 2.45) is 7.05 Å². The van der Waals surface area contributed by atoms with Gasteiger partial charge >= 0.3 is 12.1 Å². The lowest BCUT2D eigenvalue weighted by atomic mass is 10.2. The quantitative estimate of drug-likeness (QED) is 0.857. The maximum absolute atomic E-state index is 12.6. The number of benzene rings is 1. The molecule has 7 nitrogen and oxygen atoms in total. The number of carboxylic acids is 1. The molecule has 0 radical (unpaired) electrons. The highest BCUT2D eigenvalue weighted by Gasteiger charge is 2.34. The molecule has 1 heterocycles. The number of amides is 1. The number of nitrogens with one attached hydrogen (secondary N) is 1. The van der Waals surface area contributed by atoms with Crippen molar-refractivity contribution >= 4 is 17.6 Å². The first kappa shape index (κ1) is 18.3. The lowest BCUT2D eigenvalue weighted by molar-refractivity contribution is -0.141. The normalized spacial score (nSPS) is 11.2. The van der Waals surface area contributed by atoms with E-state index in [9.17, 15) is 22.8 Å². The number of aryl methyl sites for hydroxylation is 1. The Balaban J connectivity index is 2.16. The maximum Gasteiger partial charge on any atom is 0.435 e. The Kier molecular flexibility index (Phi) is 5.00. The topological polar surface area (TPSA) is 93.4 Å². The van der Waals surface area contributed by atoms with E-state index < -0.39 is 23.7 Å². The van der Waals surface area contributed by atoms with Crippen molar-refractivity contribution in [3.05, 3.63) is 41.2 Å². The summed E-state index contributed by atoms with van der Waals surface area (Å²) in [7, 11) is 2.60. The van der Waals surface area contributed by atoms with Gasteiger partial charge in [-0.05, 0) is 24.3 Å². The summed E-state index contributed by atoms with van der Waals surface area (Å²) in [5.74, 6) is -1.64. The number of nitrogens with zero attached hydrogens (tertiary/aromatic N) is 2. The van der Waals surface area contributed by atoms with Crippen molar-refractivity contribution < 1.29 is 32.6 Å². The Bertz CT molecular complexity index is 815. The summed E-state index contributed by atoms with van der Waals surface area (Å²) in [4.78, 5) is 23.0. The first-order valence-corrected chi connectivity index (χ1v) is 6.93. The van der Waals surface area contributed by atoms with Crippen molar-refractivity contribution in [3.8, 4) is 5.75 Å². The number of hydrogen-bond donors (Lipinski definition) is 2. The molecule has 0 saturated heterocycles. The Morgan fingerprint density at radius 2 is 2.00 bits per heavy atom. The van der Waals surface area contributed by atoms with Gasteiger partial charge in [0.1, 0.15) is 5.75 Å². The Morgan fingerprint density at radius 1 is 1.32 bits per heavy atom. The molecule has 0 atom stereocenters. The number of anilines is 1. The second-order valence-electron chi connectivity index (χ2n) is 5.09. The molecular weight excluding hydrogens is 343 g/mol. The van der Waals surface area contributed by atoms with Crippen molar-refractivity contribution in [1.29, 1.82) is 0 Å². The fourth-order valence-corrected chi connectivity index (χ4v) is 2.10. The minimum atomic E-state index is -4.59. The highest BCUT2D eigenvalue weighted by atomic mass is 19.4. The Hall–Kier alpha value is -3.04. The summed E-state index contributed by atoms with van der Waals surface area (Å²) in [6.45, 7) is 0. The first-order valence-electron chi connectivity index (χ1n) is 6.93. The van der Waals surface area contributed by atoms with Crippen LogP contribution in [0.15, 0.2) is 24.3 Å². The van der Waals surface area contributed by atoms with Gasteiger partial charge in [-0.3, -0.25) is 9.48 Å². The van der Waals surface area contributed by atoms with Gasteiger partial charge in [0.15, 0.2) is 5.69 Å². The van der Waals surface area contributed by atoms with E-state index in [0.717, 1.165) is 10.7 Å². The van der Waals surface area contributed by atoms with Crippen LogP contribution in [0.5, 0.6) is 5.75 Å². The van der Waals surface area contributed by atoms with Crippen molar-refractivity contribution in [2.75, 3.05) is 12.4 Å². The number of halogens is 3. The molecule has 25 heavy (non-hydrogen) atoms. The van der Waals surface area contributed by atoms with Crippen molar-refractivity contribution in [2.45, 2.75) is 12.6 Å². The van der Waals surface area contributed by atoms with E-state index in [1.165, 1.54) is 32.4 Å². The molecule has 0 unspecified atom stereocenters. The molecule has 0 aliphatic carbocycles. The molecular formula is C15H14F3N3O4. The van der Waals surface area contributed by atoms with Gasteiger partial charge in [-0.15, -0.1) is 0 Å². The van der Waals surface area contributed by atoms with Crippen LogP contribution in [0.25, 0.3) is 0 Å². The van der Waals surface area contributed by atoms with Crippen LogP contribution in [0.4, 0.5) is 18.9 Å². The van der Waals surface area contributed by atoms with Gasteiger partial charge in [0, 0.05) is 12.7 Å². The van der Waals surface area contributed by atoms with Crippen LogP contribution in [-0.2, 0) is 24.4 Å². The van der Waals surface area contributed by atoms with E-state index >= 15 is 0 Å². The molecule has 1 aromatic heterocycles. The fraction of sp³-hybridized carbons (Fsp3) is 0.267. The third-order valence-electron chi connectivity index (χ3n) is 3.33. The van der Waals surface area contributed by atoms with E-state index in [-0.39, 0.29) is 29.1 Å². The molecule has 2 rings (SSSR count). The average molecular weight is 357 g/mol. The molecule has 0 spiro atoms. The van der Waals surface area contributed by atoms with E-state index in [2.05, 4.69) is 10.4 Å². The summed E-state index contributed by atoms with van der Waals surface area (Å²) in [6.07, 6.45) is -4.94. The summed E-state index contributed by atoms with van der Waals surface area (Å²) >= 11 is 0. The number of aromatic nitrogens is 2. The summed E-state index contributed by atoms with van der Waals surface area (Å²) in [6, 6.07) is 4.63. The van der Waals surface area contributed by atoms with E-state index in [1.54, 1.807) is 0 Å². The molecule has 1 aromatic carbocycles. The Morgan fingerprint density at radius 3 is 2.52 bits per heavy atom. The smallest absolute Gasteiger partial charge is 0.435 e. The number of carboxylic acid groups (broad SMARTS) is 1. The highest BCUT2D eigenvalue weighted by Crippen LogP contribution is 2.29. The minimum absolute atomic E-state index is 0.0312. The van der Waals surface area contributed by atoms with Crippen LogP contribution < -0.4 is 10.1 Å². The van der Waals surface area contributed by atoms with Crippen LogP contribution in [0.3, 0.4) is 0 Å². The molecule has 0 aliphatic heterocycles. The SMILES string of the molecule is COc1cc(C(=O)O)ccc1NC(=O)Cc1cc(C(F)(F)F)nn1C. The van der Waals surface area contributed by atoms with Crippen LogP contribution in [0.2, 0.25) is 0 Å². The van der Waals surface area contributed by atoms with Gasteiger partial charge in [0.05, 0.1) is 24.8 Å². The largest absolute Gasteiger partial charge is 0.495 e. The number of hydrogen-bond acceptors (Lipinski definition) is 4. The third-order valence-corrected chi connectivity index (χ3v) is 3.33. The van der Waals surface area contributed by atoms with Gasteiger partial charge in [-0.1, -0.05) is 0 Å². The Labute approximate surface area is 140 Å². The maximum atomic E-state index is 12.6. The predicted octanol–water partition coefficient (Wildman–Crippen LogP) is 2.33. The molecule has 0 aliphatic rings. The van der Waals surface area contributed by atoms with Gasteiger partial charge in [0.2, 0.25) is 5.91 Å². The lowest BCUT2D eigenvalue weighted by Crippen LogP contribution is -2.17. The summed E-state index contributed by atoms with van der Waals surface area (Å²) in [5, 5.41) is 14.7. The number of carbonyl (C=O) groups excluding carboxylic acids is 1. The standard InChI is InChI=1S/C15H14F3N3O4/c1-21-9(6-12(20-21)15(16,17)18)7-13(22)19-10-4-3-8(14(23)24)5-11(10)25-2/h3-6H,7H2,1-2H3,(H,19,22)(H,23,24). The molecule has 134 valence electrons. The molecule has 0 fully saturated rings. The van der Waals surface area contributed by atoms with Crippen LogP contribution in [-0.4, -0.2) is 33.9 Å². The molecule has 2 N–H and O–H groups in total. The number of alkyl halides is 3. The number of rotatable bonds is 5. The molecule has 10 heteroatoms. The van der Waals surface area contributed by atoms with Gasteiger partial charge in [-0.2, -0.15) is 18.3 Å². The second kappa shape index (κ2) is 6.83. The van der Waals surface area contributed by atoms with E-state index in [0.29, 0.717) is 0 Å². The predicted molar refractivity (Wildman–Crippen MR) is 80.5 cm³/mol. The van der Waals surface area contributed by atoms with E-state index in [1.807, 2.05) is 0 Å². The molecule has 2 aromatic rings. The zero-order valence-corrected chi connectivity index (χ0v) is 13.2. The van der Waals surface area contributed by atoms with Crippen molar-refractivity contribution in [1.82, 2.24) is 9.78 Å². The second-order valence-corrected chi connectivity index (χ2v) is 5.09. The van der Waals surface area contributed by atoms with E-state index in [4.69, 9.17) is 9.84 Å². The number of carbonyl (C=O) groups is 2. The first-order chi connectivity index (χ1) is 11.6. The third kappa shape index (κ3) is 4.28. The number of ether oxygens (including phenoxy) is 1. The van der Waals surface area contributed by atoms with Gasteiger partial charge < -0.3 is 15.2 Å². The number of aromatic carboxylic acids is 1. The molecule has 0 bridgehead atoms. The van der Waals surface area contributed by atoms with Gasteiger partial charge in [0.25, 0.3) is 0 Å². The molecule has 1 amide bonds. The van der Waals surface area contributed by atoms with Gasteiger partial charge in [-0.25, -0.2) is 4.79 Å². The molecule has 0 saturated carbocycles. The summed E-state index contributed by atoms with van der Waals surface area (Å²) in [5.41, 5.74) is -0.834. The average Bonchev–Trinajstić information content (AvgIpc) is 2.88. The zero-order valence-electron chi connectivity index (χ0n) is 13.2. The minimum Gasteiger partial charge on any atom is -0.495 e. The fourth-order valence-electron chi connectivity index (χ4n) is 2.10. The summed E-state index contributed by atoms with van der Waals surface area (Å²) < 4.78 is 43.9. The van der Waals surface area contributed by atoms with Crippen LogP contribution in [0.1, 0.15) is 21.7 Å². The lowest BCUT2D eigenvalue weighted by Gasteiger charge is -2.11. The van der Waals surface area contributed by atoms with Crippen LogP contribution >= 0.6 is 0 Å². The van der Waals surface area contributed by atoms with Crippen LogP contribution in [0, 0.1) is 0 Å². The number of methoxy groups -OCH3 is 1. The van der Waals surface area contributed by atoms with Crippen molar-refractivity contribution in [3.63, 3.8) is 0 Å². The monoisotopic (exact) mass is 357 g/mol. The highest BCUT2D eigenvalue weighted by molar-refractivity contribution is 5.95.